The normalized spacial score (nSPS) is 22.6. The first-order valence-electron chi connectivity index (χ1n) is 6.57. The highest BCUT2D eigenvalue weighted by Gasteiger charge is 2.21. The van der Waals surface area contributed by atoms with E-state index in [1.807, 2.05) is 41.7 Å². The second kappa shape index (κ2) is 5.25. The first-order chi connectivity index (χ1) is 9.22. The van der Waals surface area contributed by atoms with Crippen LogP contribution in [0.25, 0.3) is 5.82 Å². The zero-order valence-electron chi connectivity index (χ0n) is 11.2. The van der Waals surface area contributed by atoms with Crippen LogP contribution in [0.2, 0.25) is 0 Å². The number of hydrogen-bond donors (Lipinski definition) is 1. The van der Waals surface area contributed by atoms with Crippen LogP contribution < -0.4 is 5.32 Å². The maximum absolute atomic E-state index is 4.50. The molecule has 2 aromatic heterocycles. The van der Waals surface area contributed by atoms with Crippen LogP contribution in [0.3, 0.4) is 0 Å². The molecule has 5 heteroatoms. The third-order valence-corrected chi connectivity index (χ3v) is 4.75. The Bertz CT molecular complexity index is 549. The number of anilines is 1. The van der Waals surface area contributed by atoms with Gasteiger partial charge in [-0.05, 0) is 25.5 Å². The van der Waals surface area contributed by atoms with Crippen LogP contribution in [0.4, 0.5) is 5.69 Å². The standard InChI is InChI=1S/C14H18N4S/c1-10-7-13(9-19-10)17-12-3-4-14(16-8-12)18-6-5-15-11(18)2/h3-6,8,10,13,17H,7,9H2,1-2H3. The van der Waals surface area contributed by atoms with Crippen molar-refractivity contribution in [3.05, 3.63) is 36.5 Å². The summed E-state index contributed by atoms with van der Waals surface area (Å²) in [7, 11) is 0. The maximum atomic E-state index is 4.50. The first-order valence-corrected chi connectivity index (χ1v) is 7.62. The van der Waals surface area contributed by atoms with Gasteiger partial charge in [-0.3, -0.25) is 4.57 Å². The fraction of sp³-hybridized carbons (Fsp3) is 0.429. The van der Waals surface area contributed by atoms with Gasteiger partial charge in [0.05, 0.1) is 11.9 Å². The molecule has 0 saturated carbocycles. The van der Waals surface area contributed by atoms with Crippen LogP contribution in [0.1, 0.15) is 19.2 Å². The van der Waals surface area contributed by atoms with Crippen LogP contribution >= 0.6 is 11.8 Å². The third-order valence-electron chi connectivity index (χ3n) is 3.39. The number of pyridine rings is 1. The van der Waals surface area contributed by atoms with Crippen molar-refractivity contribution in [2.24, 2.45) is 0 Å². The molecule has 100 valence electrons. The fourth-order valence-corrected chi connectivity index (χ4v) is 3.54. The van der Waals surface area contributed by atoms with Gasteiger partial charge in [0.1, 0.15) is 11.6 Å². The average molecular weight is 274 g/mol. The predicted octanol–water partition coefficient (Wildman–Crippen LogP) is 2.88. The molecule has 1 N–H and O–H groups in total. The minimum Gasteiger partial charge on any atom is -0.380 e. The zero-order chi connectivity index (χ0) is 13.2. The molecule has 0 amide bonds. The Morgan fingerprint density at radius 2 is 2.26 bits per heavy atom. The lowest BCUT2D eigenvalue weighted by Gasteiger charge is -2.13. The van der Waals surface area contributed by atoms with E-state index in [2.05, 4.69) is 28.3 Å². The van der Waals surface area contributed by atoms with E-state index in [4.69, 9.17) is 0 Å². The Morgan fingerprint density at radius 3 is 2.84 bits per heavy atom. The number of aryl methyl sites for hydroxylation is 1. The van der Waals surface area contributed by atoms with Gasteiger partial charge in [-0.15, -0.1) is 0 Å². The van der Waals surface area contributed by atoms with Crippen molar-refractivity contribution < 1.29 is 0 Å². The van der Waals surface area contributed by atoms with Gasteiger partial charge in [-0.2, -0.15) is 11.8 Å². The lowest BCUT2D eigenvalue weighted by Crippen LogP contribution is -2.19. The molecule has 0 aromatic carbocycles. The van der Waals surface area contributed by atoms with E-state index in [0.717, 1.165) is 22.6 Å². The minimum atomic E-state index is 0.572. The monoisotopic (exact) mass is 274 g/mol. The molecular weight excluding hydrogens is 256 g/mol. The first kappa shape index (κ1) is 12.5. The van der Waals surface area contributed by atoms with Gasteiger partial charge >= 0.3 is 0 Å². The Labute approximate surface area is 117 Å². The van der Waals surface area contributed by atoms with E-state index < -0.39 is 0 Å². The molecule has 3 rings (SSSR count). The van der Waals surface area contributed by atoms with Crippen LogP contribution in [-0.4, -0.2) is 31.6 Å². The van der Waals surface area contributed by atoms with Crippen molar-refractivity contribution in [2.75, 3.05) is 11.1 Å². The van der Waals surface area contributed by atoms with Crippen molar-refractivity contribution in [1.29, 1.82) is 0 Å². The van der Waals surface area contributed by atoms with Gasteiger partial charge in [-0.1, -0.05) is 6.92 Å². The summed E-state index contributed by atoms with van der Waals surface area (Å²) in [4.78, 5) is 8.71. The van der Waals surface area contributed by atoms with Crippen molar-refractivity contribution in [1.82, 2.24) is 14.5 Å². The number of nitrogens with one attached hydrogen (secondary N) is 1. The number of hydrogen-bond acceptors (Lipinski definition) is 4. The third kappa shape index (κ3) is 2.76. The minimum absolute atomic E-state index is 0.572. The summed E-state index contributed by atoms with van der Waals surface area (Å²) in [5.74, 6) is 3.05. The number of imidazole rings is 1. The number of rotatable bonds is 3. The fourth-order valence-electron chi connectivity index (χ4n) is 2.39. The summed E-state index contributed by atoms with van der Waals surface area (Å²) in [6, 6.07) is 4.69. The van der Waals surface area contributed by atoms with E-state index in [9.17, 15) is 0 Å². The SMILES string of the molecule is Cc1nccn1-c1ccc(NC2CSC(C)C2)cn1. The molecule has 2 unspecified atom stereocenters. The van der Waals surface area contributed by atoms with E-state index in [1.165, 1.54) is 12.2 Å². The molecule has 2 aromatic rings. The van der Waals surface area contributed by atoms with Gasteiger partial charge in [0, 0.05) is 29.4 Å². The quantitative estimate of drug-likeness (QED) is 0.934. The number of nitrogens with zero attached hydrogens (tertiary/aromatic N) is 3. The summed E-state index contributed by atoms with van der Waals surface area (Å²) in [5, 5.41) is 4.31. The molecule has 0 radical (unpaired) electrons. The van der Waals surface area contributed by atoms with E-state index in [1.54, 1.807) is 6.20 Å². The van der Waals surface area contributed by atoms with Gasteiger partial charge in [0.25, 0.3) is 0 Å². The van der Waals surface area contributed by atoms with Crippen LogP contribution in [-0.2, 0) is 0 Å². The summed E-state index contributed by atoms with van der Waals surface area (Å²) < 4.78 is 1.98. The summed E-state index contributed by atoms with van der Waals surface area (Å²) in [6.45, 7) is 4.26. The van der Waals surface area contributed by atoms with Gasteiger partial charge < -0.3 is 5.32 Å². The molecule has 19 heavy (non-hydrogen) atoms. The Morgan fingerprint density at radius 1 is 1.37 bits per heavy atom. The van der Waals surface area contributed by atoms with Gasteiger partial charge in [-0.25, -0.2) is 9.97 Å². The van der Waals surface area contributed by atoms with E-state index in [-0.39, 0.29) is 0 Å². The highest BCUT2D eigenvalue weighted by atomic mass is 32.2. The highest BCUT2D eigenvalue weighted by molar-refractivity contribution is 8.00. The summed E-state index contributed by atoms with van der Waals surface area (Å²) in [6.07, 6.45) is 6.86. The Kier molecular flexibility index (Phi) is 3.46. The lowest BCUT2D eigenvalue weighted by atomic mass is 10.2. The van der Waals surface area contributed by atoms with Gasteiger partial charge in [0.15, 0.2) is 0 Å². The molecule has 0 aliphatic carbocycles. The molecule has 0 spiro atoms. The Hall–Kier alpha value is -1.49. The highest BCUT2D eigenvalue weighted by Crippen LogP contribution is 2.28. The molecule has 0 bridgehead atoms. The molecular formula is C14H18N4S. The molecule has 1 saturated heterocycles. The predicted molar refractivity (Wildman–Crippen MR) is 80.0 cm³/mol. The zero-order valence-corrected chi connectivity index (χ0v) is 12.0. The maximum Gasteiger partial charge on any atom is 0.138 e. The second-order valence-corrected chi connectivity index (χ2v) is 6.44. The molecule has 3 heterocycles. The average Bonchev–Trinajstić information content (AvgIpc) is 3.00. The van der Waals surface area contributed by atoms with Crippen molar-refractivity contribution in [3.63, 3.8) is 0 Å². The van der Waals surface area contributed by atoms with Crippen molar-refractivity contribution in [2.45, 2.75) is 31.6 Å². The van der Waals surface area contributed by atoms with Crippen LogP contribution in [0, 0.1) is 6.92 Å². The molecule has 1 aliphatic rings. The summed E-state index contributed by atoms with van der Waals surface area (Å²) >= 11 is 2.03. The largest absolute Gasteiger partial charge is 0.380 e. The number of aromatic nitrogens is 3. The van der Waals surface area contributed by atoms with Crippen LogP contribution in [0.5, 0.6) is 0 Å². The second-order valence-electron chi connectivity index (χ2n) is 4.97. The topological polar surface area (TPSA) is 42.7 Å². The molecule has 2 atom stereocenters. The van der Waals surface area contributed by atoms with Gasteiger partial charge in [0.2, 0.25) is 0 Å². The molecule has 1 fully saturated rings. The smallest absolute Gasteiger partial charge is 0.138 e. The lowest BCUT2D eigenvalue weighted by molar-refractivity contribution is 0.746. The molecule has 4 nitrogen and oxygen atoms in total. The van der Waals surface area contributed by atoms with Crippen molar-refractivity contribution >= 4 is 17.4 Å². The summed E-state index contributed by atoms with van der Waals surface area (Å²) in [5.41, 5.74) is 1.10. The van der Waals surface area contributed by atoms with E-state index >= 15 is 0 Å². The number of thioether (sulfide) groups is 1. The van der Waals surface area contributed by atoms with Crippen LogP contribution in [0.15, 0.2) is 30.7 Å². The van der Waals surface area contributed by atoms with E-state index in [0.29, 0.717) is 6.04 Å². The Balaban J connectivity index is 1.71. The van der Waals surface area contributed by atoms with Crippen molar-refractivity contribution in [3.8, 4) is 5.82 Å². The molecule has 1 aliphatic heterocycles.